The van der Waals surface area contributed by atoms with Crippen LogP contribution in [-0.4, -0.2) is 27.4 Å². The Morgan fingerprint density at radius 3 is 2.64 bits per heavy atom. The zero-order chi connectivity index (χ0) is 23.6. The van der Waals surface area contributed by atoms with E-state index >= 15 is 0 Å². The van der Waals surface area contributed by atoms with Gasteiger partial charge < -0.3 is 10.1 Å². The second-order valence-electron chi connectivity index (χ2n) is 7.49. The molecule has 0 aliphatic carbocycles. The first kappa shape index (κ1) is 22.7. The molecule has 0 saturated carbocycles. The highest BCUT2D eigenvalue weighted by molar-refractivity contribution is 9.10. The molecule has 1 N–H and O–H groups in total. The maximum atomic E-state index is 14.9. The molecule has 2 aromatic carbocycles. The number of halogens is 3. The van der Waals surface area contributed by atoms with Gasteiger partial charge in [0, 0.05) is 22.4 Å². The number of fused-ring (bicyclic) bond motifs is 1. The van der Waals surface area contributed by atoms with Crippen molar-refractivity contribution < 1.29 is 18.3 Å². The molecule has 2 heterocycles. The summed E-state index contributed by atoms with van der Waals surface area (Å²) >= 11 is 3.36. The van der Waals surface area contributed by atoms with E-state index in [4.69, 9.17) is 4.74 Å². The van der Waals surface area contributed by atoms with E-state index in [1.807, 2.05) is 13.0 Å². The quantitative estimate of drug-likeness (QED) is 0.357. The number of nitrogens with zero attached hydrogens (tertiary/aromatic N) is 3. The van der Waals surface area contributed by atoms with E-state index in [0.29, 0.717) is 11.3 Å². The topological polar surface area (TPSA) is 77.0 Å². The Morgan fingerprint density at radius 2 is 1.88 bits per heavy atom. The highest BCUT2D eigenvalue weighted by Gasteiger charge is 2.34. The van der Waals surface area contributed by atoms with Gasteiger partial charge in [-0.15, -0.1) is 0 Å². The van der Waals surface area contributed by atoms with E-state index in [1.165, 1.54) is 24.7 Å². The van der Waals surface area contributed by atoms with Gasteiger partial charge in [0.1, 0.15) is 16.8 Å². The molecular formula is C24H19BrF2N4O2. The van der Waals surface area contributed by atoms with Gasteiger partial charge in [0.25, 0.3) is 11.8 Å². The maximum Gasteiger partial charge on any atom is 0.290 e. The highest BCUT2D eigenvalue weighted by Crippen LogP contribution is 2.32. The summed E-state index contributed by atoms with van der Waals surface area (Å²) in [5, 5.41) is 2.34. The molecule has 0 atom stereocenters. The van der Waals surface area contributed by atoms with Gasteiger partial charge in [-0.05, 0) is 37.6 Å². The summed E-state index contributed by atoms with van der Waals surface area (Å²) in [6.07, 6.45) is 4.16. The molecule has 0 radical (unpaired) electrons. The number of aryl methyl sites for hydroxylation is 2. The van der Waals surface area contributed by atoms with Crippen molar-refractivity contribution in [1.82, 2.24) is 20.3 Å². The van der Waals surface area contributed by atoms with Gasteiger partial charge in [0.05, 0.1) is 12.7 Å². The highest BCUT2D eigenvalue weighted by atomic mass is 79.9. The minimum Gasteiger partial charge on any atom is -0.455 e. The van der Waals surface area contributed by atoms with Gasteiger partial charge in [0.15, 0.2) is 11.4 Å². The summed E-state index contributed by atoms with van der Waals surface area (Å²) in [6, 6.07) is 11.7. The number of rotatable bonds is 6. The molecule has 0 spiro atoms. The molecule has 0 bridgehead atoms. The molecule has 0 saturated heterocycles. The molecule has 4 rings (SSSR count). The SMILES string of the molecule is Cc1ccc(C(F)(F)CNC(=O)c2c(Oc3cccc(Br)c3)cnc3nccnc23)c(C)c1. The van der Waals surface area contributed by atoms with Crippen LogP contribution in [0.3, 0.4) is 0 Å². The second-order valence-corrected chi connectivity index (χ2v) is 8.41. The van der Waals surface area contributed by atoms with Crippen LogP contribution in [0, 0.1) is 13.8 Å². The number of ether oxygens (including phenoxy) is 1. The van der Waals surface area contributed by atoms with Crippen LogP contribution in [-0.2, 0) is 5.92 Å². The Morgan fingerprint density at radius 1 is 1.09 bits per heavy atom. The van der Waals surface area contributed by atoms with Gasteiger partial charge in [-0.2, -0.15) is 8.78 Å². The molecule has 0 unspecified atom stereocenters. The van der Waals surface area contributed by atoms with Crippen LogP contribution in [0.25, 0.3) is 11.2 Å². The summed E-state index contributed by atoms with van der Waals surface area (Å²) in [5.41, 5.74) is 1.52. The van der Waals surface area contributed by atoms with Crippen LogP contribution < -0.4 is 10.1 Å². The first-order chi connectivity index (χ1) is 15.7. The summed E-state index contributed by atoms with van der Waals surface area (Å²) < 4.78 is 36.5. The van der Waals surface area contributed by atoms with E-state index in [9.17, 15) is 13.6 Å². The monoisotopic (exact) mass is 512 g/mol. The molecule has 6 nitrogen and oxygen atoms in total. The summed E-state index contributed by atoms with van der Waals surface area (Å²) in [7, 11) is 0. The Hall–Kier alpha value is -3.46. The van der Waals surface area contributed by atoms with Gasteiger partial charge in [-0.1, -0.05) is 45.8 Å². The van der Waals surface area contributed by atoms with Crippen molar-refractivity contribution in [3.05, 3.63) is 87.8 Å². The van der Waals surface area contributed by atoms with E-state index in [0.717, 1.165) is 10.0 Å². The summed E-state index contributed by atoms with van der Waals surface area (Å²) in [5.74, 6) is -3.53. The number of carbonyl (C=O) groups excluding carboxylic acids is 1. The smallest absolute Gasteiger partial charge is 0.290 e. The molecule has 168 valence electrons. The molecule has 0 fully saturated rings. The second kappa shape index (κ2) is 9.19. The minimum atomic E-state index is -3.27. The maximum absolute atomic E-state index is 14.9. The van der Waals surface area contributed by atoms with Crippen molar-refractivity contribution >= 4 is 33.0 Å². The summed E-state index contributed by atoms with van der Waals surface area (Å²) in [6.45, 7) is 2.56. The summed E-state index contributed by atoms with van der Waals surface area (Å²) in [4.78, 5) is 25.6. The van der Waals surface area contributed by atoms with Crippen LogP contribution in [0.2, 0.25) is 0 Å². The lowest BCUT2D eigenvalue weighted by Gasteiger charge is -2.20. The molecule has 0 aliphatic rings. The number of aromatic nitrogens is 3. The predicted molar refractivity (Wildman–Crippen MR) is 124 cm³/mol. The Bertz CT molecular complexity index is 1350. The number of pyridine rings is 1. The molecule has 4 aromatic rings. The normalized spacial score (nSPS) is 11.4. The molecule has 1 amide bonds. The van der Waals surface area contributed by atoms with Crippen LogP contribution in [0.5, 0.6) is 11.5 Å². The van der Waals surface area contributed by atoms with Crippen LogP contribution >= 0.6 is 15.9 Å². The largest absolute Gasteiger partial charge is 0.455 e. The number of amides is 1. The van der Waals surface area contributed by atoms with Crippen LogP contribution in [0.15, 0.2) is 65.5 Å². The molecule has 0 aliphatic heterocycles. The van der Waals surface area contributed by atoms with Crippen molar-refractivity contribution in [3.8, 4) is 11.5 Å². The van der Waals surface area contributed by atoms with E-state index in [2.05, 4.69) is 36.2 Å². The number of carbonyl (C=O) groups is 1. The lowest BCUT2D eigenvalue weighted by atomic mass is 10.00. The average Bonchev–Trinajstić information content (AvgIpc) is 2.77. The molecular weight excluding hydrogens is 494 g/mol. The third-order valence-corrected chi connectivity index (χ3v) is 5.46. The van der Waals surface area contributed by atoms with E-state index < -0.39 is 18.4 Å². The van der Waals surface area contributed by atoms with Crippen molar-refractivity contribution in [2.75, 3.05) is 6.54 Å². The number of nitrogens with one attached hydrogen (secondary N) is 1. The lowest BCUT2D eigenvalue weighted by molar-refractivity contribution is -0.00308. The fourth-order valence-corrected chi connectivity index (χ4v) is 3.83. The van der Waals surface area contributed by atoms with Gasteiger partial charge in [0.2, 0.25) is 0 Å². The minimum absolute atomic E-state index is 0.0236. The number of benzene rings is 2. The Labute approximate surface area is 197 Å². The van der Waals surface area contributed by atoms with Gasteiger partial charge in [-0.25, -0.2) is 9.97 Å². The van der Waals surface area contributed by atoms with Gasteiger partial charge in [-0.3, -0.25) is 9.78 Å². The van der Waals surface area contributed by atoms with Crippen molar-refractivity contribution in [2.24, 2.45) is 0 Å². The Kier molecular flexibility index (Phi) is 6.33. The molecule has 9 heteroatoms. The van der Waals surface area contributed by atoms with Crippen LogP contribution in [0.4, 0.5) is 8.78 Å². The lowest BCUT2D eigenvalue weighted by Crippen LogP contribution is -2.35. The zero-order valence-corrected chi connectivity index (χ0v) is 19.4. The molecule has 2 aromatic heterocycles. The third-order valence-electron chi connectivity index (χ3n) is 4.96. The fourth-order valence-electron chi connectivity index (χ4n) is 3.46. The van der Waals surface area contributed by atoms with Crippen molar-refractivity contribution in [2.45, 2.75) is 19.8 Å². The fraction of sp³-hybridized carbons (Fsp3) is 0.167. The first-order valence-corrected chi connectivity index (χ1v) is 10.8. The van der Waals surface area contributed by atoms with Crippen molar-refractivity contribution in [3.63, 3.8) is 0 Å². The number of hydrogen-bond donors (Lipinski definition) is 1. The van der Waals surface area contributed by atoms with Crippen molar-refractivity contribution in [1.29, 1.82) is 0 Å². The van der Waals surface area contributed by atoms with E-state index in [-0.39, 0.29) is 28.0 Å². The number of hydrogen-bond acceptors (Lipinski definition) is 5. The zero-order valence-electron chi connectivity index (χ0n) is 17.8. The Balaban J connectivity index is 1.66. The van der Waals surface area contributed by atoms with Gasteiger partial charge >= 0.3 is 0 Å². The number of alkyl halides is 2. The first-order valence-electron chi connectivity index (χ1n) is 10.0. The van der Waals surface area contributed by atoms with E-state index in [1.54, 1.807) is 37.3 Å². The van der Waals surface area contributed by atoms with Crippen LogP contribution in [0.1, 0.15) is 27.0 Å². The predicted octanol–water partition coefficient (Wildman–Crippen LogP) is 5.72. The molecule has 33 heavy (non-hydrogen) atoms. The average molecular weight is 513 g/mol. The third kappa shape index (κ3) is 4.98. The standard InChI is InChI=1S/C24H19BrF2N4O2/c1-14-6-7-18(15(2)10-14)24(26,27)13-31-23(32)20-19(33-17-5-3-4-16(25)11-17)12-30-22-21(20)28-8-9-29-22/h3-12H,13H2,1-2H3,(H,31,32).